The molecule has 36 heavy (non-hydrogen) atoms. The van der Waals surface area contributed by atoms with Crippen LogP contribution in [0.25, 0.3) is 10.9 Å². The van der Waals surface area contributed by atoms with Crippen LogP contribution in [0.2, 0.25) is 0 Å². The number of hydrogen-bond donors (Lipinski definition) is 1. The summed E-state index contributed by atoms with van der Waals surface area (Å²) in [4.78, 5) is 18.5. The Kier molecular flexibility index (Phi) is 6.81. The zero-order valence-corrected chi connectivity index (χ0v) is 20.8. The lowest BCUT2D eigenvalue weighted by atomic mass is 10.0. The molecule has 9 heteroatoms. The predicted molar refractivity (Wildman–Crippen MR) is 135 cm³/mol. The highest BCUT2D eigenvalue weighted by atomic mass is 16.3. The van der Waals surface area contributed by atoms with Crippen LogP contribution in [-0.4, -0.2) is 30.1 Å². The molecule has 0 radical (unpaired) electrons. The van der Waals surface area contributed by atoms with Crippen LogP contribution in [0.5, 0.6) is 0 Å². The number of fused-ring (bicyclic) bond motifs is 1. The minimum Gasteiger partial charge on any atom is -0.468 e. The maximum Gasteiger partial charge on any atom is 0.252 e. The van der Waals surface area contributed by atoms with E-state index in [0.29, 0.717) is 25.2 Å². The third-order valence-corrected chi connectivity index (χ3v) is 6.43. The van der Waals surface area contributed by atoms with Crippen molar-refractivity contribution in [3.05, 3.63) is 99.4 Å². The summed E-state index contributed by atoms with van der Waals surface area (Å²) < 4.78 is 13.0. The third kappa shape index (κ3) is 5.01. The Morgan fingerprint density at radius 3 is 2.56 bits per heavy atom. The Hall–Kier alpha value is -3.98. The number of aromatic nitrogens is 5. The molecule has 0 spiro atoms. The highest BCUT2D eigenvalue weighted by Gasteiger charge is 2.28. The van der Waals surface area contributed by atoms with Crippen molar-refractivity contribution in [3.63, 3.8) is 0 Å². The summed E-state index contributed by atoms with van der Waals surface area (Å²) >= 11 is 0. The van der Waals surface area contributed by atoms with Crippen LogP contribution in [0, 0.1) is 13.8 Å². The summed E-state index contributed by atoms with van der Waals surface area (Å²) in [5.74, 6) is 2.31. The highest BCUT2D eigenvalue weighted by Crippen LogP contribution is 2.28. The van der Waals surface area contributed by atoms with Crippen LogP contribution in [0.1, 0.15) is 59.8 Å². The fourth-order valence-corrected chi connectivity index (χ4v) is 4.81. The van der Waals surface area contributed by atoms with E-state index in [0.717, 1.165) is 52.2 Å². The van der Waals surface area contributed by atoms with Crippen molar-refractivity contribution in [3.8, 4) is 0 Å². The molecule has 1 atom stereocenters. The molecule has 9 nitrogen and oxygen atoms in total. The minimum atomic E-state index is -0.139. The summed E-state index contributed by atoms with van der Waals surface area (Å²) in [6.07, 6.45) is 5.03. The van der Waals surface area contributed by atoms with E-state index < -0.39 is 0 Å². The first-order valence-corrected chi connectivity index (χ1v) is 12.2. The second-order valence-electron chi connectivity index (χ2n) is 9.23. The molecule has 1 aromatic carbocycles. The average molecular weight is 487 g/mol. The first kappa shape index (κ1) is 23.7. The molecule has 0 aliphatic carbocycles. The second kappa shape index (κ2) is 10.3. The maximum atomic E-state index is 13.2. The molecule has 0 saturated carbocycles. The van der Waals surface area contributed by atoms with E-state index in [1.807, 2.05) is 37.3 Å². The molecule has 0 fully saturated rings. The number of nitrogens with zero attached hydrogens (tertiary/aromatic N) is 5. The maximum absolute atomic E-state index is 13.2. The van der Waals surface area contributed by atoms with Crippen molar-refractivity contribution in [1.82, 2.24) is 30.1 Å². The van der Waals surface area contributed by atoms with Crippen molar-refractivity contribution in [1.29, 1.82) is 0 Å². The van der Waals surface area contributed by atoms with E-state index in [2.05, 4.69) is 51.4 Å². The van der Waals surface area contributed by atoms with Crippen LogP contribution in [0.3, 0.4) is 0 Å². The van der Waals surface area contributed by atoms with E-state index in [4.69, 9.17) is 8.83 Å². The Balaban J connectivity index is 1.54. The van der Waals surface area contributed by atoms with Gasteiger partial charge in [0.25, 0.3) is 5.56 Å². The van der Waals surface area contributed by atoms with Crippen LogP contribution < -0.4 is 5.56 Å². The molecule has 4 heterocycles. The van der Waals surface area contributed by atoms with Crippen LogP contribution in [0.4, 0.5) is 0 Å². The Morgan fingerprint density at radius 2 is 1.83 bits per heavy atom. The minimum absolute atomic E-state index is 0.0932. The molecule has 0 amide bonds. The fourth-order valence-electron chi connectivity index (χ4n) is 4.81. The Bertz CT molecular complexity index is 1480. The quantitative estimate of drug-likeness (QED) is 0.299. The van der Waals surface area contributed by atoms with Crippen molar-refractivity contribution in [2.45, 2.75) is 59.3 Å². The number of benzene rings is 1. The van der Waals surface area contributed by atoms with Crippen LogP contribution >= 0.6 is 0 Å². The normalized spacial score (nSPS) is 12.6. The first-order valence-electron chi connectivity index (χ1n) is 12.2. The van der Waals surface area contributed by atoms with Crippen molar-refractivity contribution in [2.24, 2.45) is 0 Å². The SMILES string of the molecule is CCC[C@@H](c1nnnn1Cc1ccco1)N(Cc1ccco1)Cc1cc2cc(C)cc(C)c2[nH]c1=O. The molecule has 0 aliphatic rings. The number of rotatable bonds is 10. The van der Waals surface area contributed by atoms with E-state index >= 15 is 0 Å². The van der Waals surface area contributed by atoms with Gasteiger partial charge in [0.05, 0.1) is 30.6 Å². The van der Waals surface area contributed by atoms with Gasteiger partial charge in [0.1, 0.15) is 18.1 Å². The van der Waals surface area contributed by atoms with Gasteiger partial charge in [0, 0.05) is 12.1 Å². The summed E-state index contributed by atoms with van der Waals surface area (Å²) in [5.41, 5.74) is 3.68. The van der Waals surface area contributed by atoms with Gasteiger partial charge < -0.3 is 13.8 Å². The lowest BCUT2D eigenvalue weighted by Gasteiger charge is -2.30. The zero-order chi connectivity index (χ0) is 25.1. The van der Waals surface area contributed by atoms with Gasteiger partial charge in [-0.05, 0) is 78.0 Å². The van der Waals surface area contributed by atoms with Crippen LogP contribution in [-0.2, 0) is 19.6 Å². The van der Waals surface area contributed by atoms with E-state index in [-0.39, 0.29) is 11.6 Å². The summed E-state index contributed by atoms with van der Waals surface area (Å²) in [6, 6.07) is 13.6. The van der Waals surface area contributed by atoms with E-state index in [1.165, 1.54) is 0 Å². The largest absolute Gasteiger partial charge is 0.468 e. The Morgan fingerprint density at radius 1 is 1.06 bits per heavy atom. The Labute approximate surface area is 208 Å². The van der Waals surface area contributed by atoms with Crippen molar-refractivity contribution >= 4 is 10.9 Å². The van der Waals surface area contributed by atoms with Gasteiger partial charge in [-0.15, -0.1) is 5.10 Å². The number of nitrogens with one attached hydrogen (secondary N) is 1. The molecule has 1 N–H and O–H groups in total. The van der Waals surface area contributed by atoms with E-state index in [1.54, 1.807) is 17.2 Å². The smallest absolute Gasteiger partial charge is 0.252 e. The van der Waals surface area contributed by atoms with Gasteiger partial charge in [0.2, 0.25) is 0 Å². The van der Waals surface area contributed by atoms with Crippen LogP contribution in [0.15, 0.2) is 68.6 Å². The van der Waals surface area contributed by atoms with Gasteiger partial charge in [0.15, 0.2) is 5.82 Å². The van der Waals surface area contributed by atoms with Gasteiger partial charge in [-0.3, -0.25) is 9.69 Å². The fraction of sp³-hybridized carbons (Fsp3) is 0.333. The molecule has 0 bridgehead atoms. The lowest BCUT2D eigenvalue weighted by molar-refractivity contribution is 0.144. The average Bonchev–Trinajstić information content (AvgIpc) is 3.62. The molecular weight excluding hydrogens is 456 g/mol. The predicted octanol–water partition coefficient (Wildman–Crippen LogP) is 4.91. The third-order valence-electron chi connectivity index (χ3n) is 6.43. The molecule has 0 aliphatic heterocycles. The number of aromatic amines is 1. The van der Waals surface area contributed by atoms with Gasteiger partial charge in [-0.25, -0.2) is 4.68 Å². The number of pyridine rings is 1. The summed E-state index contributed by atoms with van der Waals surface area (Å²) in [6.45, 7) is 7.57. The molecular formula is C27H30N6O3. The number of H-pyrrole nitrogens is 1. The van der Waals surface area contributed by atoms with Gasteiger partial charge in [-0.1, -0.05) is 25.0 Å². The zero-order valence-electron chi connectivity index (χ0n) is 20.8. The van der Waals surface area contributed by atoms with Gasteiger partial charge in [-0.2, -0.15) is 0 Å². The van der Waals surface area contributed by atoms with Gasteiger partial charge >= 0.3 is 0 Å². The molecule has 4 aromatic heterocycles. The lowest BCUT2D eigenvalue weighted by Crippen LogP contribution is -2.32. The molecule has 186 valence electrons. The number of tetrazole rings is 1. The summed E-state index contributed by atoms with van der Waals surface area (Å²) in [7, 11) is 0. The monoisotopic (exact) mass is 486 g/mol. The molecule has 5 aromatic rings. The van der Waals surface area contributed by atoms with Crippen molar-refractivity contribution in [2.75, 3.05) is 0 Å². The topological polar surface area (TPSA) is 106 Å². The van der Waals surface area contributed by atoms with E-state index in [9.17, 15) is 4.79 Å². The van der Waals surface area contributed by atoms with Crippen molar-refractivity contribution < 1.29 is 8.83 Å². The number of furan rings is 2. The standard InChI is InChI=1S/C27H30N6O3/c1-4-7-24(26-29-30-31-33(26)17-23-9-6-11-36-23)32(16-22-8-5-10-35-22)15-21-14-20-13-18(2)12-19(3)25(20)28-27(21)34/h5-6,8-14,24H,4,7,15-17H2,1-3H3,(H,28,34)/t24-/m0/s1. The molecule has 0 unspecified atom stereocenters. The molecule has 5 rings (SSSR count). The molecule has 0 saturated heterocycles. The number of hydrogen-bond acceptors (Lipinski definition) is 7. The highest BCUT2D eigenvalue weighted by molar-refractivity contribution is 5.82. The second-order valence-corrected chi connectivity index (χ2v) is 9.23. The number of aryl methyl sites for hydroxylation is 2. The first-order chi connectivity index (χ1) is 17.5. The summed E-state index contributed by atoms with van der Waals surface area (Å²) in [5, 5.41) is 13.6.